The molecule has 1 aliphatic rings. The highest BCUT2D eigenvalue weighted by Gasteiger charge is 2.26. The second-order valence-corrected chi connectivity index (χ2v) is 4.10. The van der Waals surface area contributed by atoms with Crippen molar-refractivity contribution in [3.63, 3.8) is 0 Å². The largest absolute Gasteiger partial charge is 0.378 e. The van der Waals surface area contributed by atoms with E-state index in [1.807, 2.05) is 6.08 Å². The van der Waals surface area contributed by atoms with Gasteiger partial charge in [0.05, 0.1) is 6.10 Å². The van der Waals surface area contributed by atoms with Crippen LogP contribution in [0.15, 0.2) is 12.7 Å². The number of alkyl halides is 1. The Morgan fingerprint density at radius 1 is 1.75 bits per heavy atom. The van der Waals surface area contributed by atoms with Gasteiger partial charge in [0.15, 0.2) is 0 Å². The Morgan fingerprint density at radius 3 is 2.92 bits per heavy atom. The van der Waals surface area contributed by atoms with Crippen molar-refractivity contribution >= 4 is 11.6 Å². The maximum Gasteiger partial charge on any atom is 0.0584 e. The fraction of sp³-hybridized carbons (Fsp3) is 0.800. The van der Waals surface area contributed by atoms with Crippen LogP contribution in [-0.4, -0.2) is 18.6 Å². The van der Waals surface area contributed by atoms with Gasteiger partial charge in [0, 0.05) is 17.9 Å². The van der Waals surface area contributed by atoms with Gasteiger partial charge in [-0.3, -0.25) is 0 Å². The molecule has 0 aliphatic carbocycles. The van der Waals surface area contributed by atoms with Gasteiger partial charge < -0.3 is 4.74 Å². The normalized spacial score (nSPS) is 28.3. The summed E-state index contributed by atoms with van der Waals surface area (Å²) in [5, 5.41) is 0. The monoisotopic (exact) mass is 188 g/mol. The summed E-state index contributed by atoms with van der Waals surface area (Å²) in [7, 11) is 0. The van der Waals surface area contributed by atoms with Crippen molar-refractivity contribution in [3.05, 3.63) is 12.7 Å². The summed E-state index contributed by atoms with van der Waals surface area (Å²) >= 11 is 5.86. The summed E-state index contributed by atoms with van der Waals surface area (Å²) in [6.07, 6.45) is 5.74. The van der Waals surface area contributed by atoms with Crippen molar-refractivity contribution in [2.45, 2.75) is 32.3 Å². The topological polar surface area (TPSA) is 9.23 Å². The molecule has 0 N–H and O–H groups in total. The molecule has 1 saturated heterocycles. The predicted molar refractivity (Wildman–Crippen MR) is 52.6 cm³/mol. The Balaban J connectivity index is 2.40. The summed E-state index contributed by atoms with van der Waals surface area (Å²) in [5.41, 5.74) is 0.0521. The van der Waals surface area contributed by atoms with Crippen molar-refractivity contribution in [3.8, 4) is 0 Å². The van der Waals surface area contributed by atoms with Gasteiger partial charge in [-0.2, -0.15) is 0 Å². The van der Waals surface area contributed by atoms with Crippen molar-refractivity contribution < 1.29 is 4.74 Å². The molecule has 2 atom stereocenters. The van der Waals surface area contributed by atoms with Crippen LogP contribution < -0.4 is 0 Å². The fourth-order valence-electron chi connectivity index (χ4n) is 1.52. The van der Waals surface area contributed by atoms with E-state index in [1.165, 1.54) is 12.8 Å². The molecule has 0 saturated carbocycles. The first kappa shape index (κ1) is 10.1. The number of allylic oxidation sites excluding steroid dienone is 1. The van der Waals surface area contributed by atoms with E-state index in [9.17, 15) is 0 Å². The molecule has 1 nitrogen and oxygen atoms in total. The molecule has 0 radical (unpaired) electrons. The van der Waals surface area contributed by atoms with E-state index in [0.717, 1.165) is 13.0 Å². The summed E-state index contributed by atoms with van der Waals surface area (Å²) in [5.74, 6) is 0.635. The summed E-state index contributed by atoms with van der Waals surface area (Å²) < 4.78 is 5.55. The molecule has 70 valence electrons. The van der Waals surface area contributed by atoms with E-state index in [1.54, 1.807) is 0 Å². The average molecular weight is 189 g/mol. The highest BCUT2D eigenvalue weighted by Crippen LogP contribution is 2.30. The zero-order valence-electron chi connectivity index (χ0n) is 7.68. The van der Waals surface area contributed by atoms with Crippen molar-refractivity contribution in [2.24, 2.45) is 5.41 Å². The lowest BCUT2D eigenvalue weighted by Gasteiger charge is -2.25. The molecular weight excluding hydrogens is 172 g/mol. The van der Waals surface area contributed by atoms with Gasteiger partial charge >= 0.3 is 0 Å². The highest BCUT2D eigenvalue weighted by atomic mass is 35.5. The molecule has 1 rings (SSSR count). The molecule has 0 amide bonds. The summed E-state index contributed by atoms with van der Waals surface area (Å²) in [4.78, 5) is 0. The quantitative estimate of drug-likeness (QED) is 0.487. The summed E-state index contributed by atoms with van der Waals surface area (Å²) in [6, 6.07) is 0. The van der Waals surface area contributed by atoms with Gasteiger partial charge in [-0.1, -0.05) is 13.0 Å². The molecule has 0 aromatic carbocycles. The Labute approximate surface area is 79.7 Å². The molecule has 2 heteroatoms. The summed E-state index contributed by atoms with van der Waals surface area (Å²) in [6.45, 7) is 6.86. The van der Waals surface area contributed by atoms with Gasteiger partial charge in [-0.05, 0) is 19.3 Å². The number of hydrogen-bond acceptors (Lipinski definition) is 1. The number of halogens is 1. The third-order valence-electron chi connectivity index (χ3n) is 2.52. The van der Waals surface area contributed by atoms with E-state index < -0.39 is 0 Å². The van der Waals surface area contributed by atoms with E-state index in [4.69, 9.17) is 16.3 Å². The van der Waals surface area contributed by atoms with E-state index in [2.05, 4.69) is 13.5 Å². The minimum Gasteiger partial charge on any atom is -0.378 e. The Bertz CT molecular complexity index is 152. The van der Waals surface area contributed by atoms with Gasteiger partial charge in [-0.25, -0.2) is 0 Å². The van der Waals surface area contributed by atoms with Crippen LogP contribution in [0, 0.1) is 5.41 Å². The molecule has 12 heavy (non-hydrogen) atoms. The van der Waals surface area contributed by atoms with Gasteiger partial charge in [0.2, 0.25) is 0 Å². The SMILES string of the molecule is C=CC(C)(CCl)CC1CCCO1. The lowest BCUT2D eigenvalue weighted by atomic mass is 9.86. The zero-order valence-corrected chi connectivity index (χ0v) is 8.44. The first-order valence-electron chi connectivity index (χ1n) is 4.51. The van der Waals surface area contributed by atoms with Crippen LogP contribution in [0.4, 0.5) is 0 Å². The molecule has 0 aromatic rings. The smallest absolute Gasteiger partial charge is 0.0584 e. The van der Waals surface area contributed by atoms with Gasteiger partial charge in [0.25, 0.3) is 0 Å². The lowest BCUT2D eigenvalue weighted by molar-refractivity contribution is 0.0830. The van der Waals surface area contributed by atoms with Crippen LogP contribution in [0.1, 0.15) is 26.2 Å². The fourth-order valence-corrected chi connectivity index (χ4v) is 1.74. The third kappa shape index (κ3) is 2.49. The number of ether oxygens (including phenoxy) is 1. The molecular formula is C10H17ClO. The lowest BCUT2D eigenvalue weighted by Crippen LogP contribution is -2.22. The third-order valence-corrected chi connectivity index (χ3v) is 3.13. The van der Waals surface area contributed by atoms with E-state index in [0.29, 0.717) is 12.0 Å². The number of rotatable bonds is 4. The molecule has 1 fully saturated rings. The zero-order chi connectivity index (χ0) is 9.03. The maximum absolute atomic E-state index is 5.86. The minimum atomic E-state index is 0.0521. The van der Waals surface area contributed by atoms with Crippen LogP contribution in [-0.2, 0) is 4.74 Å². The first-order chi connectivity index (χ1) is 5.70. The van der Waals surface area contributed by atoms with Crippen LogP contribution >= 0.6 is 11.6 Å². The first-order valence-corrected chi connectivity index (χ1v) is 5.05. The van der Waals surface area contributed by atoms with Crippen LogP contribution in [0.2, 0.25) is 0 Å². The molecule has 0 bridgehead atoms. The second-order valence-electron chi connectivity index (χ2n) is 3.83. The second kappa shape index (κ2) is 4.29. The molecule has 0 spiro atoms. The standard InChI is InChI=1S/C10H17ClO/c1-3-10(2,8-11)7-9-5-4-6-12-9/h3,9H,1,4-8H2,2H3. The van der Waals surface area contributed by atoms with Gasteiger partial charge in [-0.15, -0.1) is 18.2 Å². The Hall–Kier alpha value is -0.0100. The maximum atomic E-state index is 5.86. The van der Waals surface area contributed by atoms with Crippen molar-refractivity contribution in [1.82, 2.24) is 0 Å². The highest BCUT2D eigenvalue weighted by molar-refractivity contribution is 6.18. The van der Waals surface area contributed by atoms with Crippen LogP contribution in [0.5, 0.6) is 0 Å². The molecule has 0 aromatic heterocycles. The van der Waals surface area contributed by atoms with E-state index >= 15 is 0 Å². The van der Waals surface area contributed by atoms with Gasteiger partial charge in [0.1, 0.15) is 0 Å². The Kier molecular flexibility index (Phi) is 3.60. The van der Waals surface area contributed by atoms with Crippen LogP contribution in [0.3, 0.4) is 0 Å². The Morgan fingerprint density at radius 2 is 2.50 bits per heavy atom. The van der Waals surface area contributed by atoms with E-state index in [-0.39, 0.29) is 5.41 Å². The predicted octanol–water partition coefficient (Wildman–Crippen LogP) is 2.99. The minimum absolute atomic E-state index is 0.0521. The van der Waals surface area contributed by atoms with Crippen LogP contribution in [0.25, 0.3) is 0 Å². The van der Waals surface area contributed by atoms with Crippen molar-refractivity contribution in [2.75, 3.05) is 12.5 Å². The molecule has 1 heterocycles. The number of hydrogen-bond donors (Lipinski definition) is 0. The molecule has 1 aliphatic heterocycles. The molecule has 2 unspecified atom stereocenters. The van der Waals surface area contributed by atoms with Crippen molar-refractivity contribution in [1.29, 1.82) is 0 Å². The average Bonchev–Trinajstić information content (AvgIpc) is 2.57.